The van der Waals surface area contributed by atoms with Crippen LogP contribution in [0.2, 0.25) is 0 Å². The van der Waals surface area contributed by atoms with Gasteiger partial charge in [-0.2, -0.15) is 0 Å². The maximum absolute atomic E-state index is 12.5. The van der Waals surface area contributed by atoms with Gasteiger partial charge in [-0.15, -0.1) is 11.3 Å². The quantitative estimate of drug-likeness (QED) is 0.756. The first-order valence-electron chi connectivity index (χ1n) is 8.07. The van der Waals surface area contributed by atoms with E-state index in [0.717, 1.165) is 16.0 Å². The molecule has 1 aromatic heterocycles. The van der Waals surface area contributed by atoms with Gasteiger partial charge in [0.2, 0.25) is 0 Å². The molecule has 0 fully saturated rings. The third-order valence-electron chi connectivity index (χ3n) is 3.89. The summed E-state index contributed by atoms with van der Waals surface area (Å²) in [7, 11) is 0. The Bertz CT molecular complexity index is 681. The van der Waals surface area contributed by atoms with E-state index in [2.05, 4.69) is 0 Å². The number of carbonyl (C=O) groups is 1. The number of hydrogen-bond acceptors (Lipinski definition) is 4. The topological polar surface area (TPSA) is 46.5 Å². The number of thiophene rings is 1. The fourth-order valence-electron chi connectivity index (χ4n) is 2.51. The fraction of sp³-hybridized carbons (Fsp3) is 0.450. The highest BCUT2D eigenvalue weighted by Gasteiger charge is 2.28. The third-order valence-corrected chi connectivity index (χ3v) is 4.74. The van der Waals surface area contributed by atoms with Crippen LogP contribution in [-0.2, 0) is 22.2 Å². The van der Waals surface area contributed by atoms with Crippen LogP contribution in [0.1, 0.15) is 67.9 Å². The number of rotatable bonds is 3. The van der Waals surface area contributed by atoms with E-state index in [4.69, 9.17) is 4.74 Å². The molecule has 0 aliphatic rings. The Morgan fingerprint density at radius 1 is 1.08 bits per heavy atom. The molecule has 0 atom stereocenters. The third kappa shape index (κ3) is 4.18. The zero-order valence-corrected chi connectivity index (χ0v) is 16.1. The summed E-state index contributed by atoms with van der Waals surface area (Å²) in [6.45, 7) is 12.4. The fourth-order valence-corrected chi connectivity index (χ4v) is 3.13. The van der Waals surface area contributed by atoms with Crippen LogP contribution in [0.15, 0.2) is 29.6 Å². The molecule has 0 amide bonds. The van der Waals surface area contributed by atoms with Crippen LogP contribution in [-0.4, -0.2) is 11.1 Å². The van der Waals surface area contributed by atoms with Crippen LogP contribution in [0.3, 0.4) is 0 Å². The van der Waals surface area contributed by atoms with Gasteiger partial charge in [-0.3, -0.25) is 0 Å². The Balaban J connectivity index is 2.40. The molecule has 0 aliphatic carbocycles. The normalized spacial score (nSPS) is 12.2. The number of ether oxygens (including phenoxy) is 1. The Hall–Kier alpha value is -1.81. The molecule has 0 saturated heterocycles. The summed E-state index contributed by atoms with van der Waals surface area (Å²) in [6.07, 6.45) is 0. The minimum atomic E-state index is -0.362. The minimum Gasteiger partial charge on any atom is -0.507 e. The van der Waals surface area contributed by atoms with E-state index in [0.29, 0.717) is 5.56 Å². The summed E-state index contributed by atoms with van der Waals surface area (Å²) in [5.41, 5.74) is 1.47. The van der Waals surface area contributed by atoms with Crippen LogP contribution in [0, 0.1) is 0 Å². The molecule has 2 rings (SSSR count). The molecule has 0 radical (unpaired) electrons. The Morgan fingerprint density at radius 3 is 2.04 bits per heavy atom. The van der Waals surface area contributed by atoms with Crippen LogP contribution in [0.4, 0.5) is 0 Å². The van der Waals surface area contributed by atoms with Gasteiger partial charge in [0.1, 0.15) is 12.4 Å². The molecule has 130 valence electrons. The predicted molar refractivity (Wildman–Crippen MR) is 98.9 cm³/mol. The maximum atomic E-state index is 12.5. The second-order valence-corrected chi connectivity index (χ2v) is 9.11. The number of esters is 1. The van der Waals surface area contributed by atoms with Gasteiger partial charge >= 0.3 is 5.97 Å². The SMILES string of the molecule is CC(C)(C)c1cc(C(=O)OCc2cccs2)cc(C(C)(C)C)c1O. The lowest BCUT2D eigenvalue weighted by Gasteiger charge is -2.27. The highest BCUT2D eigenvalue weighted by molar-refractivity contribution is 7.09. The van der Waals surface area contributed by atoms with Crippen molar-refractivity contribution in [3.05, 3.63) is 51.2 Å². The molecule has 4 heteroatoms. The van der Waals surface area contributed by atoms with Gasteiger partial charge in [0.25, 0.3) is 0 Å². The van der Waals surface area contributed by atoms with Gasteiger partial charge in [0.15, 0.2) is 0 Å². The summed E-state index contributed by atoms with van der Waals surface area (Å²) >= 11 is 1.56. The minimum absolute atomic E-state index is 0.268. The monoisotopic (exact) mass is 346 g/mol. The number of benzene rings is 1. The lowest BCUT2D eigenvalue weighted by molar-refractivity contribution is 0.0476. The van der Waals surface area contributed by atoms with Crippen molar-refractivity contribution in [1.82, 2.24) is 0 Å². The molecule has 0 saturated carbocycles. The highest BCUT2D eigenvalue weighted by atomic mass is 32.1. The van der Waals surface area contributed by atoms with Gasteiger partial charge in [-0.25, -0.2) is 4.79 Å². The van der Waals surface area contributed by atoms with E-state index in [1.165, 1.54) is 0 Å². The van der Waals surface area contributed by atoms with E-state index in [1.54, 1.807) is 23.5 Å². The molecule has 24 heavy (non-hydrogen) atoms. The summed E-state index contributed by atoms with van der Waals surface area (Å²) in [6, 6.07) is 7.38. The highest BCUT2D eigenvalue weighted by Crippen LogP contribution is 2.39. The van der Waals surface area contributed by atoms with Gasteiger partial charge < -0.3 is 9.84 Å². The molecule has 3 nitrogen and oxygen atoms in total. The summed E-state index contributed by atoms with van der Waals surface area (Å²) in [5.74, 6) is -0.0933. The smallest absolute Gasteiger partial charge is 0.338 e. The van der Waals surface area contributed by atoms with Crippen molar-refractivity contribution in [3.63, 3.8) is 0 Å². The number of carbonyl (C=O) groups excluding carboxylic acids is 1. The molecule has 0 aliphatic heterocycles. The number of hydrogen-bond donors (Lipinski definition) is 1. The first kappa shape index (κ1) is 18.5. The van der Waals surface area contributed by atoms with E-state index in [1.807, 2.05) is 59.1 Å². The molecule has 1 N–H and O–H groups in total. The summed E-state index contributed by atoms with van der Waals surface area (Å²) < 4.78 is 5.44. The summed E-state index contributed by atoms with van der Waals surface area (Å²) in [5, 5.41) is 12.7. The van der Waals surface area contributed by atoms with Crippen molar-refractivity contribution >= 4 is 17.3 Å². The van der Waals surface area contributed by atoms with Gasteiger partial charge in [0.05, 0.1) is 5.56 Å². The van der Waals surface area contributed by atoms with E-state index < -0.39 is 0 Å². The number of phenolic OH excluding ortho intramolecular Hbond substituents is 1. The van der Waals surface area contributed by atoms with E-state index in [-0.39, 0.29) is 29.2 Å². The number of aromatic hydroxyl groups is 1. The molecular weight excluding hydrogens is 320 g/mol. The average Bonchev–Trinajstić information content (AvgIpc) is 2.95. The Morgan fingerprint density at radius 2 is 1.62 bits per heavy atom. The van der Waals surface area contributed by atoms with Crippen molar-refractivity contribution in [1.29, 1.82) is 0 Å². The van der Waals surface area contributed by atoms with Crippen molar-refractivity contribution in [2.45, 2.75) is 59.0 Å². The zero-order chi connectivity index (χ0) is 18.1. The predicted octanol–water partition coefficient (Wildman–Crippen LogP) is 5.41. The molecule has 0 unspecified atom stereocenters. The second kappa shape index (κ2) is 6.60. The van der Waals surface area contributed by atoms with Crippen LogP contribution < -0.4 is 0 Å². The van der Waals surface area contributed by atoms with Crippen molar-refractivity contribution in [2.75, 3.05) is 0 Å². The molecule has 0 spiro atoms. The van der Waals surface area contributed by atoms with E-state index in [9.17, 15) is 9.90 Å². The van der Waals surface area contributed by atoms with Crippen molar-refractivity contribution in [3.8, 4) is 5.75 Å². The molecule has 1 aromatic carbocycles. The first-order valence-corrected chi connectivity index (χ1v) is 8.95. The van der Waals surface area contributed by atoms with Crippen LogP contribution in [0.25, 0.3) is 0 Å². The van der Waals surface area contributed by atoms with Crippen molar-refractivity contribution in [2.24, 2.45) is 0 Å². The molecular formula is C20H26O3S. The second-order valence-electron chi connectivity index (χ2n) is 8.08. The standard InChI is InChI=1S/C20H26O3S/c1-19(2,3)15-10-13(11-16(17(15)21)20(4,5)6)18(22)23-12-14-8-7-9-24-14/h7-11,21H,12H2,1-6H3. The largest absolute Gasteiger partial charge is 0.507 e. The Kier molecular flexibility index (Phi) is 5.09. The van der Waals surface area contributed by atoms with Gasteiger partial charge in [0, 0.05) is 16.0 Å². The molecule has 1 heterocycles. The molecule has 2 aromatic rings. The van der Waals surface area contributed by atoms with Gasteiger partial charge in [-0.05, 0) is 34.4 Å². The lowest BCUT2D eigenvalue weighted by atomic mass is 9.78. The zero-order valence-electron chi connectivity index (χ0n) is 15.3. The number of phenols is 1. The summed E-state index contributed by atoms with van der Waals surface area (Å²) in [4.78, 5) is 13.5. The van der Waals surface area contributed by atoms with Gasteiger partial charge in [-0.1, -0.05) is 47.6 Å². The Labute approximate surface area is 148 Å². The first-order chi connectivity index (χ1) is 11.0. The van der Waals surface area contributed by atoms with Crippen LogP contribution >= 0.6 is 11.3 Å². The maximum Gasteiger partial charge on any atom is 0.338 e. The molecule has 0 bridgehead atoms. The van der Waals surface area contributed by atoms with Crippen LogP contribution in [0.5, 0.6) is 5.75 Å². The lowest BCUT2D eigenvalue weighted by Crippen LogP contribution is -2.19. The van der Waals surface area contributed by atoms with E-state index >= 15 is 0 Å². The average molecular weight is 346 g/mol. The van der Waals surface area contributed by atoms with Crippen molar-refractivity contribution < 1.29 is 14.6 Å².